The smallest absolute Gasteiger partial charge is 0.404 e. The molecule has 0 aromatic heterocycles. The highest BCUT2D eigenvalue weighted by molar-refractivity contribution is 5.65. The molecule has 2 atom stereocenters. The maximum absolute atomic E-state index is 10.2. The first kappa shape index (κ1) is 8.33. The number of carbonyl (C=O) groups is 1. The van der Waals surface area contributed by atoms with E-state index in [1.807, 2.05) is 0 Å². The lowest BCUT2D eigenvalue weighted by atomic mass is 10.0. The van der Waals surface area contributed by atoms with Crippen LogP contribution in [0.1, 0.15) is 26.2 Å². The molecule has 0 heterocycles. The summed E-state index contributed by atoms with van der Waals surface area (Å²) >= 11 is 0. The van der Waals surface area contributed by atoms with Gasteiger partial charge in [-0.3, -0.25) is 0 Å². The van der Waals surface area contributed by atoms with E-state index in [0.29, 0.717) is 6.42 Å². The van der Waals surface area contributed by atoms with Crippen LogP contribution in [0, 0.1) is 0 Å². The number of aliphatic hydroxyl groups is 1. The minimum Gasteiger partial charge on any atom is -0.465 e. The summed E-state index contributed by atoms with van der Waals surface area (Å²) in [6.07, 6.45) is 1.24. The second kappa shape index (κ2) is 2.70. The topological polar surface area (TPSA) is 69.6 Å². The van der Waals surface area contributed by atoms with Crippen molar-refractivity contribution in [2.75, 3.05) is 0 Å². The Labute approximate surface area is 65.2 Å². The third kappa shape index (κ3) is 1.83. The maximum Gasteiger partial charge on any atom is 0.404 e. The Morgan fingerprint density at radius 2 is 2.36 bits per heavy atom. The zero-order valence-corrected chi connectivity index (χ0v) is 6.50. The molecule has 0 aliphatic heterocycles. The minimum absolute atomic E-state index is 0.292. The fourth-order valence-corrected chi connectivity index (χ4v) is 1.53. The van der Waals surface area contributed by atoms with Crippen LogP contribution >= 0.6 is 0 Å². The molecule has 1 saturated carbocycles. The van der Waals surface area contributed by atoms with Gasteiger partial charge in [0.05, 0.1) is 11.6 Å². The normalized spacial score (nSPS) is 37.1. The summed E-state index contributed by atoms with van der Waals surface area (Å²) in [6, 6.07) is -0.292. The van der Waals surface area contributed by atoms with E-state index in [1.54, 1.807) is 6.92 Å². The van der Waals surface area contributed by atoms with Gasteiger partial charge in [0.2, 0.25) is 0 Å². The van der Waals surface area contributed by atoms with E-state index in [-0.39, 0.29) is 6.04 Å². The lowest BCUT2D eigenvalue weighted by Crippen LogP contribution is -2.46. The molecule has 0 saturated heterocycles. The lowest BCUT2D eigenvalue weighted by molar-refractivity contribution is 0.0394. The van der Waals surface area contributed by atoms with Crippen molar-refractivity contribution in [1.29, 1.82) is 0 Å². The summed E-state index contributed by atoms with van der Waals surface area (Å²) in [5.41, 5.74) is -0.849. The van der Waals surface area contributed by atoms with Crippen LogP contribution < -0.4 is 5.32 Å². The monoisotopic (exact) mass is 159 g/mol. The molecule has 0 radical (unpaired) electrons. The SMILES string of the molecule is C[C@]1(O)CCC[C@H]1NC(=O)O. The number of amides is 1. The number of rotatable bonds is 1. The highest BCUT2D eigenvalue weighted by Crippen LogP contribution is 2.29. The molecule has 1 rings (SSSR count). The predicted octanol–water partition coefficient (Wildman–Crippen LogP) is 0.558. The molecule has 3 N–H and O–H groups in total. The van der Waals surface area contributed by atoms with Crippen molar-refractivity contribution < 1.29 is 15.0 Å². The summed E-state index contributed by atoms with van der Waals surface area (Å²) in [4.78, 5) is 10.2. The molecule has 1 amide bonds. The van der Waals surface area contributed by atoms with Gasteiger partial charge in [0.25, 0.3) is 0 Å². The Bertz CT molecular complexity index is 167. The average molecular weight is 159 g/mol. The molecule has 4 nitrogen and oxygen atoms in total. The van der Waals surface area contributed by atoms with Crippen molar-refractivity contribution in [2.24, 2.45) is 0 Å². The van der Waals surface area contributed by atoms with E-state index in [2.05, 4.69) is 5.32 Å². The first-order chi connectivity index (χ1) is 5.02. The minimum atomic E-state index is -1.06. The Hall–Kier alpha value is -0.770. The van der Waals surface area contributed by atoms with E-state index in [1.165, 1.54) is 0 Å². The predicted molar refractivity (Wildman–Crippen MR) is 39.4 cm³/mol. The number of carboxylic acid groups (broad SMARTS) is 1. The van der Waals surface area contributed by atoms with Gasteiger partial charge in [0, 0.05) is 0 Å². The molecule has 0 aromatic rings. The van der Waals surface area contributed by atoms with E-state index in [9.17, 15) is 9.90 Å². The fraction of sp³-hybridized carbons (Fsp3) is 0.857. The Kier molecular flexibility index (Phi) is 2.04. The molecule has 4 heteroatoms. The number of nitrogens with one attached hydrogen (secondary N) is 1. The first-order valence-electron chi connectivity index (χ1n) is 3.74. The van der Waals surface area contributed by atoms with Crippen LogP contribution in [-0.4, -0.2) is 27.9 Å². The second-order valence-corrected chi connectivity index (χ2v) is 3.25. The van der Waals surface area contributed by atoms with Crippen LogP contribution in [0.5, 0.6) is 0 Å². The van der Waals surface area contributed by atoms with E-state index in [4.69, 9.17) is 5.11 Å². The van der Waals surface area contributed by atoms with Crippen LogP contribution in [0.25, 0.3) is 0 Å². The van der Waals surface area contributed by atoms with Gasteiger partial charge in [-0.2, -0.15) is 0 Å². The molecule has 11 heavy (non-hydrogen) atoms. The van der Waals surface area contributed by atoms with Gasteiger partial charge in [-0.25, -0.2) is 4.79 Å². The quantitative estimate of drug-likeness (QED) is 0.523. The summed E-state index contributed by atoms with van der Waals surface area (Å²) < 4.78 is 0. The van der Waals surface area contributed by atoms with Crippen LogP contribution in [0.4, 0.5) is 4.79 Å². The van der Waals surface area contributed by atoms with Crippen LogP contribution in [0.15, 0.2) is 0 Å². The Morgan fingerprint density at radius 3 is 2.73 bits per heavy atom. The molecule has 1 aliphatic carbocycles. The van der Waals surface area contributed by atoms with Crippen LogP contribution in [0.3, 0.4) is 0 Å². The van der Waals surface area contributed by atoms with E-state index < -0.39 is 11.7 Å². The van der Waals surface area contributed by atoms with Crippen molar-refractivity contribution in [3.63, 3.8) is 0 Å². The average Bonchev–Trinajstić information content (AvgIpc) is 2.10. The molecule has 0 spiro atoms. The van der Waals surface area contributed by atoms with Crippen LogP contribution in [0.2, 0.25) is 0 Å². The number of hydrogen-bond donors (Lipinski definition) is 3. The standard InChI is InChI=1S/C7H13NO3/c1-7(11)4-2-3-5(7)8-6(9)10/h5,8,11H,2-4H2,1H3,(H,9,10)/t5-,7+/m1/s1. The molecular weight excluding hydrogens is 146 g/mol. The largest absolute Gasteiger partial charge is 0.465 e. The summed E-state index contributed by atoms with van der Waals surface area (Å²) in [5, 5.41) is 20.3. The Morgan fingerprint density at radius 1 is 1.73 bits per heavy atom. The highest BCUT2D eigenvalue weighted by atomic mass is 16.4. The van der Waals surface area contributed by atoms with Crippen molar-refractivity contribution in [2.45, 2.75) is 37.8 Å². The van der Waals surface area contributed by atoms with Gasteiger partial charge in [-0.15, -0.1) is 0 Å². The maximum atomic E-state index is 10.2. The molecule has 0 bridgehead atoms. The van der Waals surface area contributed by atoms with Crippen LogP contribution in [-0.2, 0) is 0 Å². The zero-order valence-electron chi connectivity index (χ0n) is 6.50. The first-order valence-corrected chi connectivity index (χ1v) is 3.74. The summed E-state index contributed by atoms with van der Waals surface area (Å²) in [6.45, 7) is 1.67. The molecule has 1 fully saturated rings. The van der Waals surface area contributed by atoms with Gasteiger partial charge >= 0.3 is 6.09 Å². The molecular formula is C7H13NO3. The molecule has 0 unspecified atom stereocenters. The summed E-state index contributed by atoms with van der Waals surface area (Å²) in [5.74, 6) is 0. The third-order valence-corrected chi connectivity index (χ3v) is 2.22. The Balaban J connectivity index is 2.51. The van der Waals surface area contributed by atoms with Crippen molar-refractivity contribution in [3.05, 3.63) is 0 Å². The van der Waals surface area contributed by atoms with Gasteiger partial charge < -0.3 is 15.5 Å². The summed E-state index contributed by atoms with van der Waals surface area (Å²) in [7, 11) is 0. The van der Waals surface area contributed by atoms with E-state index in [0.717, 1.165) is 12.8 Å². The second-order valence-electron chi connectivity index (χ2n) is 3.25. The highest BCUT2D eigenvalue weighted by Gasteiger charge is 2.37. The fourth-order valence-electron chi connectivity index (χ4n) is 1.53. The van der Waals surface area contributed by atoms with Crippen molar-refractivity contribution in [3.8, 4) is 0 Å². The van der Waals surface area contributed by atoms with Gasteiger partial charge in [0.1, 0.15) is 0 Å². The molecule has 0 aromatic carbocycles. The van der Waals surface area contributed by atoms with Gasteiger partial charge in [-0.1, -0.05) is 0 Å². The van der Waals surface area contributed by atoms with E-state index >= 15 is 0 Å². The lowest BCUT2D eigenvalue weighted by Gasteiger charge is -2.24. The molecule has 1 aliphatic rings. The number of hydrogen-bond acceptors (Lipinski definition) is 2. The van der Waals surface area contributed by atoms with Crippen molar-refractivity contribution in [1.82, 2.24) is 5.32 Å². The molecule has 64 valence electrons. The van der Waals surface area contributed by atoms with Gasteiger partial charge in [-0.05, 0) is 26.2 Å². The zero-order chi connectivity index (χ0) is 8.48. The third-order valence-electron chi connectivity index (χ3n) is 2.22. The van der Waals surface area contributed by atoms with Crippen molar-refractivity contribution >= 4 is 6.09 Å². The van der Waals surface area contributed by atoms with Gasteiger partial charge in [0.15, 0.2) is 0 Å².